The van der Waals surface area contributed by atoms with Crippen molar-refractivity contribution in [1.29, 1.82) is 0 Å². The first-order valence-electron chi connectivity index (χ1n) is 10.2. The number of fused-ring (bicyclic) bond motifs is 1. The van der Waals surface area contributed by atoms with E-state index in [4.69, 9.17) is 0 Å². The number of hydrogen-bond acceptors (Lipinski definition) is 7. The highest BCUT2D eigenvalue weighted by Crippen LogP contribution is 2.36. The van der Waals surface area contributed by atoms with Gasteiger partial charge in [-0.05, 0) is 38.8 Å². The second-order valence-electron chi connectivity index (χ2n) is 8.02. The maximum atomic E-state index is 13.3. The molecule has 0 saturated heterocycles. The molecule has 172 valence electrons. The predicted molar refractivity (Wildman–Crippen MR) is 116 cm³/mol. The Labute approximate surface area is 183 Å². The number of aromatic nitrogens is 4. The summed E-state index contributed by atoms with van der Waals surface area (Å²) in [6.45, 7) is 3.46. The van der Waals surface area contributed by atoms with Gasteiger partial charge in [0.2, 0.25) is 5.95 Å². The van der Waals surface area contributed by atoms with Gasteiger partial charge in [-0.25, -0.2) is 13.4 Å². The van der Waals surface area contributed by atoms with Crippen LogP contribution < -0.4 is 10.6 Å². The van der Waals surface area contributed by atoms with Crippen LogP contribution in [-0.2, 0) is 22.6 Å². The molecular weight excluding hydrogens is 445 g/mol. The first kappa shape index (κ1) is 22.3. The summed E-state index contributed by atoms with van der Waals surface area (Å²) in [5.74, 6) is -0.278. The van der Waals surface area contributed by atoms with E-state index in [1.54, 1.807) is 42.9 Å². The van der Waals surface area contributed by atoms with Crippen LogP contribution in [0.2, 0.25) is 0 Å². The molecule has 8 nitrogen and oxygen atoms in total. The largest absolute Gasteiger partial charge is 0.421 e. The van der Waals surface area contributed by atoms with Gasteiger partial charge in [-0.3, -0.25) is 4.68 Å². The number of aryl methyl sites for hydroxylation is 1. The summed E-state index contributed by atoms with van der Waals surface area (Å²) in [7, 11) is -3.22. The van der Waals surface area contributed by atoms with E-state index in [9.17, 15) is 21.6 Å². The van der Waals surface area contributed by atoms with Crippen molar-refractivity contribution in [2.24, 2.45) is 0 Å². The molecule has 0 atom stereocenters. The molecular formula is C20H23F3N6O2S. The Morgan fingerprint density at radius 3 is 2.62 bits per heavy atom. The predicted octanol–water partition coefficient (Wildman–Crippen LogP) is 3.99. The lowest BCUT2D eigenvalue weighted by atomic mass is 10.2. The zero-order valence-electron chi connectivity index (χ0n) is 17.5. The van der Waals surface area contributed by atoms with Crippen molar-refractivity contribution >= 4 is 38.2 Å². The molecule has 0 unspecified atom stereocenters. The summed E-state index contributed by atoms with van der Waals surface area (Å²) < 4.78 is 65.7. The molecule has 1 saturated carbocycles. The van der Waals surface area contributed by atoms with Gasteiger partial charge in [0.1, 0.15) is 11.4 Å². The summed E-state index contributed by atoms with van der Waals surface area (Å²) in [5.41, 5.74) is 0.335. The monoisotopic (exact) mass is 468 g/mol. The number of nitrogens with one attached hydrogen (secondary N) is 2. The lowest BCUT2D eigenvalue weighted by Crippen LogP contribution is -2.21. The molecule has 2 N–H and O–H groups in total. The molecule has 12 heteroatoms. The van der Waals surface area contributed by atoms with Gasteiger partial charge in [-0.15, -0.1) is 0 Å². The van der Waals surface area contributed by atoms with Crippen molar-refractivity contribution in [3.8, 4) is 0 Å². The van der Waals surface area contributed by atoms with Gasteiger partial charge in [0.05, 0.1) is 34.9 Å². The Balaban J connectivity index is 1.60. The number of anilines is 3. The van der Waals surface area contributed by atoms with Crippen molar-refractivity contribution in [3.63, 3.8) is 0 Å². The highest BCUT2D eigenvalue weighted by Gasteiger charge is 2.37. The average molecular weight is 469 g/mol. The van der Waals surface area contributed by atoms with Crippen LogP contribution in [-0.4, -0.2) is 45.2 Å². The van der Waals surface area contributed by atoms with Crippen LogP contribution in [0.15, 0.2) is 30.6 Å². The normalized spacial score (nSPS) is 14.8. The van der Waals surface area contributed by atoms with Gasteiger partial charge >= 0.3 is 6.18 Å². The van der Waals surface area contributed by atoms with Crippen LogP contribution in [0.4, 0.5) is 30.6 Å². The minimum absolute atomic E-state index is 0.0115. The minimum Gasteiger partial charge on any atom is -0.367 e. The Bertz CT molecular complexity index is 1240. The fourth-order valence-electron chi connectivity index (χ4n) is 3.14. The third-order valence-corrected chi connectivity index (χ3v) is 7.44. The maximum absolute atomic E-state index is 13.3. The molecule has 1 aliphatic carbocycles. The molecule has 0 aliphatic heterocycles. The second-order valence-corrected chi connectivity index (χ2v) is 10.7. The molecule has 0 amide bonds. The summed E-state index contributed by atoms with van der Waals surface area (Å²) in [6, 6.07) is 5.26. The molecule has 0 bridgehead atoms. The van der Waals surface area contributed by atoms with Gasteiger partial charge in [-0.1, -0.05) is 6.07 Å². The highest BCUT2D eigenvalue weighted by molar-refractivity contribution is 7.91. The van der Waals surface area contributed by atoms with Crippen molar-refractivity contribution in [1.82, 2.24) is 19.7 Å². The molecule has 4 rings (SSSR count). The van der Waals surface area contributed by atoms with E-state index in [1.165, 1.54) is 0 Å². The number of rotatable bonds is 8. The quantitative estimate of drug-likeness (QED) is 0.515. The van der Waals surface area contributed by atoms with E-state index in [1.807, 2.05) is 0 Å². The molecule has 32 heavy (non-hydrogen) atoms. The molecule has 3 aromatic rings. The van der Waals surface area contributed by atoms with Crippen LogP contribution in [0.1, 0.15) is 32.3 Å². The Morgan fingerprint density at radius 1 is 1.22 bits per heavy atom. The van der Waals surface area contributed by atoms with Gasteiger partial charge in [0.15, 0.2) is 9.84 Å². The molecule has 0 spiro atoms. The first-order chi connectivity index (χ1) is 15.0. The summed E-state index contributed by atoms with van der Waals surface area (Å²) in [5, 5.41) is 10.3. The number of hydrogen-bond donors (Lipinski definition) is 2. The molecule has 1 aliphatic rings. The van der Waals surface area contributed by atoms with Crippen LogP contribution in [0.25, 0.3) is 10.9 Å². The SMILES string of the molecule is CC(C)S(=O)(=O)CCn1ncc2c(Nc3ncc(C(F)(F)F)c(NC4CC4)n3)cccc21. The van der Waals surface area contributed by atoms with Crippen LogP contribution in [0.3, 0.4) is 0 Å². The number of alkyl halides is 3. The average Bonchev–Trinajstić information content (AvgIpc) is 3.42. The van der Waals surface area contributed by atoms with Crippen LogP contribution in [0, 0.1) is 0 Å². The van der Waals surface area contributed by atoms with Gasteiger partial charge in [0.25, 0.3) is 0 Å². The van der Waals surface area contributed by atoms with Crippen molar-refractivity contribution in [3.05, 3.63) is 36.2 Å². The molecule has 1 aromatic carbocycles. The Morgan fingerprint density at radius 2 is 1.97 bits per heavy atom. The standard InChI is InChI=1S/C20H23F3N6O2S/c1-12(2)32(30,31)9-8-29-17-5-3-4-16(14(17)10-25-29)27-19-24-11-15(20(21,22)23)18(28-19)26-13-6-7-13/h3-5,10-13H,6-9H2,1-2H3,(H2,24,26,27,28). The highest BCUT2D eigenvalue weighted by atomic mass is 32.2. The molecule has 2 aromatic heterocycles. The molecule has 2 heterocycles. The van der Waals surface area contributed by atoms with Crippen LogP contribution in [0.5, 0.6) is 0 Å². The lowest BCUT2D eigenvalue weighted by molar-refractivity contribution is -0.137. The Kier molecular flexibility index (Phi) is 5.74. The van der Waals surface area contributed by atoms with Crippen molar-refractivity contribution in [2.45, 2.75) is 50.7 Å². The fourth-order valence-corrected chi connectivity index (χ4v) is 4.04. The number of benzene rings is 1. The van der Waals surface area contributed by atoms with Crippen molar-refractivity contribution < 1.29 is 21.6 Å². The zero-order valence-corrected chi connectivity index (χ0v) is 18.3. The summed E-state index contributed by atoms with van der Waals surface area (Å²) >= 11 is 0. The van der Waals surface area contributed by atoms with E-state index in [0.29, 0.717) is 16.6 Å². The number of nitrogens with zero attached hydrogens (tertiary/aromatic N) is 4. The van der Waals surface area contributed by atoms with Crippen LogP contribution >= 0.6 is 0 Å². The number of halogens is 3. The van der Waals surface area contributed by atoms with Crippen molar-refractivity contribution in [2.75, 3.05) is 16.4 Å². The van der Waals surface area contributed by atoms with E-state index in [0.717, 1.165) is 19.0 Å². The molecule has 1 fully saturated rings. The summed E-state index contributed by atoms with van der Waals surface area (Å²) in [6.07, 6.45) is -0.620. The van der Waals surface area contributed by atoms with Gasteiger partial charge in [-0.2, -0.15) is 23.3 Å². The minimum atomic E-state index is -4.56. The lowest BCUT2D eigenvalue weighted by Gasteiger charge is -2.14. The first-order valence-corrected chi connectivity index (χ1v) is 11.9. The van der Waals surface area contributed by atoms with E-state index in [2.05, 4.69) is 25.7 Å². The van der Waals surface area contributed by atoms with Gasteiger partial charge in [0, 0.05) is 17.6 Å². The zero-order chi connectivity index (χ0) is 23.1. The van der Waals surface area contributed by atoms with Gasteiger partial charge < -0.3 is 10.6 Å². The third kappa shape index (κ3) is 4.79. The van der Waals surface area contributed by atoms with E-state index in [-0.39, 0.29) is 30.1 Å². The smallest absolute Gasteiger partial charge is 0.367 e. The third-order valence-electron chi connectivity index (χ3n) is 5.25. The van der Waals surface area contributed by atoms with E-state index >= 15 is 0 Å². The fraction of sp³-hybridized carbons (Fsp3) is 0.450. The second kappa shape index (κ2) is 8.23. The van der Waals surface area contributed by atoms with E-state index < -0.39 is 26.8 Å². The molecule has 0 radical (unpaired) electrons. The topological polar surface area (TPSA) is 102 Å². The number of sulfone groups is 1. The summed E-state index contributed by atoms with van der Waals surface area (Å²) in [4.78, 5) is 7.90. The maximum Gasteiger partial charge on any atom is 0.421 e. The Hall–Kier alpha value is -2.89.